The molecule has 0 aromatic heterocycles. The van der Waals surface area contributed by atoms with Crippen molar-refractivity contribution in [2.24, 2.45) is 5.92 Å². The van der Waals surface area contributed by atoms with E-state index in [0.717, 1.165) is 26.2 Å². The van der Waals surface area contributed by atoms with Gasteiger partial charge in [0.25, 0.3) is 0 Å². The van der Waals surface area contributed by atoms with Gasteiger partial charge in [-0.15, -0.1) is 0 Å². The Balaban J connectivity index is 2.05. The largest absolute Gasteiger partial charge is 0.395 e. The van der Waals surface area contributed by atoms with Gasteiger partial charge in [0.05, 0.1) is 32.5 Å². The third kappa shape index (κ3) is 5.47. The molecule has 2 atom stereocenters. The first-order valence-corrected chi connectivity index (χ1v) is 5.74. The highest BCUT2D eigenvalue weighted by Gasteiger charge is 2.16. The van der Waals surface area contributed by atoms with Gasteiger partial charge in [-0.05, 0) is 6.42 Å². The van der Waals surface area contributed by atoms with E-state index in [-0.39, 0.29) is 12.6 Å². The van der Waals surface area contributed by atoms with E-state index in [1.165, 1.54) is 0 Å². The summed E-state index contributed by atoms with van der Waals surface area (Å²) in [5.41, 5.74) is 0. The van der Waals surface area contributed by atoms with Gasteiger partial charge in [0, 0.05) is 18.6 Å². The molecule has 0 aliphatic carbocycles. The molecule has 0 radical (unpaired) electrons. The number of hydrogen-bond acceptors (Lipinski definition) is 4. The summed E-state index contributed by atoms with van der Waals surface area (Å²) < 4.78 is 10.8. The van der Waals surface area contributed by atoms with Crippen LogP contribution in [0.2, 0.25) is 0 Å². The first-order valence-electron chi connectivity index (χ1n) is 5.74. The highest BCUT2D eigenvalue weighted by atomic mass is 16.5. The SMILES string of the molecule is CC(C)NC(CO)COCC1CCOC1. The molecule has 1 heterocycles. The van der Waals surface area contributed by atoms with Crippen LogP contribution in [-0.4, -0.2) is 50.2 Å². The molecular weight excluding hydrogens is 194 g/mol. The molecule has 4 nitrogen and oxygen atoms in total. The quantitative estimate of drug-likeness (QED) is 0.648. The zero-order chi connectivity index (χ0) is 11.1. The molecular formula is C11H23NO3. The fraction of sp³-hybridized carbons (Fsp3) is 1.00. The predicted molar refractivity (Wildman–Crippen MR) is 58.9 cm³/mol. The van der Waals surface area contributed by atoms with Crippen molar-refractivity contribution in [2.75, 3.05) is 33.0 Å². The van der Waals surface area contributed by atoms with Crippen molar-refractivity contribution in [1.29, 1.82) is 0 Å². The Kier molecular flexibility index (Phi) is 6.17. The summed E-state index contributed by atoms with van der Waals surface area (Å²) in [7, 11) is 0. The summed E-state index contributed by atoms with van der Waals surface area (Å²) in [5, 5.41) is 12.3. The molecule has 2 unspecified atom stereocenters. The first kappa shape index (κ1) is 12.9. The molecule has 0 saturated carbocycles. The van der Waals surface area contributed by atoms with Crippen molar-refractivity contribution in [2.45, 2.75) is 32.4 Å². The van der Waals surface area contributed by atoms with Crippen LogP contribution in [0.3, 0.4) is 0 Å². The molecule has 1 aliphatic heterocycles. The lowest BCUT2D eigenvalue weighted by Crippen LogP contribution is -2.41. The predicted octanol–water partition coefficient (Wildman–Crippen LogP) is 0.398. The lowest BCUT2D eigenvalue weighted by atomic mass is 10.1. The maximum absolute atomic E-state index is 9.10. The Morgan fingerprint density at radius 2 is 2.33 bits per heavy atom. The number of aliphatic hydroxyl groups excluding tert-OH is 1. The van der Waals surface area contributed by atoms with Crippen LogP contribution in [0.1, 0.15) is 20.3 Å². The Hall–Kier alpha value is -0.160. The minimum Gasteiger partial charge on any atom is -0.395 e. The van der Waals surface area contributed by atoms with E-state index in [2.05, 4.69) is 19.2 Å². The van der Waals surface area contributed by atoms with E-state index in [9.17, 15) is 0 Å². The highest BCUT2D eigenvalue weighted by Crippen LogP contribution is 2.12. The van der Waals surface area contributed by atoms with E-state index < -0.39 is 0 Å². The number of hydrogen-bond donors (Lipinski definition) is 2. The third-order valence-corrected chi connectivity index (χ3v) is 2.49. The summed E-state index contributed by atoms with van der Waals surface area (Å²) in [4.78, 5) is 0. The maximum atomic E-state index is 9.10. The van der Waals surface area contributed by atoms with E-state index in [1.54, 1.807) is 0 Å². The zero-order valence-electron chi connectivity index (χ0n) is 9.74. The van der Waals surface area contributed by atoms with Crippen molar-refractivity contribution in [3.05, 3.63) is 0 Å². The van der Waals surface area contributed by atoms with Crippen molar-refractivity contribution in [3.63, 3.8) is 0 Å². The van der Waals surface area contributed by atoms with Gasteiger partial charge in [0.2, 0.25) is 0 Å². The van der Waals surface area contributed by atoms with Crippen molar-refractivity contribution in [1.82, 2.24) is 5.32 Å². The number of nitrogens with one attached hydrogen (secondary N) is 1. The molecule has 0 bridgehead atoms. The van der Waals surface area contributed by atoms with Gasteiger partial charge < -0.3 is 19.9 Å². The molecule has 0 aromatic rings. The molecule has 0 spiro atoms. The second-order valence-electron chi connectivity index (χ2n) is 4.47. The summed E-state index contributed by atoms with van der Waals surface area (Å²) in [6.45, 7) is 7.25. The Labute approximate surface area is 92.0 Å². The molecule has 4 heteroatoms. The lowest BCUT2D eigenvalue weighted by Gasteiger charge is -2.19. The number of rotatable bonds is 7. The van der Waals surface area contributed by atoms with Crippen LogP contribution in [0.4, 0.5) is 0 Å². The van der Waals surface area contributed by atoms with E-state index >= 15 is 0 Å². The van der Waals surface area contributed by atoms with Crippen LogP contribution in [0, 0.1) is 5.92 Å². The van der Waals surface area contributed by atoms with Gasteiger partial charge in [-0.1, -0.05) is 13.8 Å². The minimum absolute atomic E-state index is 0.0484. The number of aliphatic hydroxyl groups is 1. The van der Waals surface area contributed by atoms with Crippen LogP contribution >= 0.6 is 0 Å². The molecule has 15 heavy (non-hydrogen) atoms. The topological polar surface area (TPSA) is 50.7 Å². The van der Waals surface area contributed by atoms with Crippen LogP contribution in [0.15, 0.2) is 0 Å². The fourth-order valence-corrected chi connectivity index (χ4v) is 1.72. The second-order valence-corrected chi connectivity index (χ2v) is 4.47. The molecule has 1 saturated heterocycles. The first-order chi connectivity index (χ1) is 7.22. The average Bonchev–Trinajstić information content (AvgIpc) is 2.68. The lowest BCUT2D eigenvalue weighted by molar-refractivity contribution is 0.0586. The zero-order valence-corrected chi connectivity index (χ0v) is 9.74. The Bertz CT molecular complexity index is 158. The summed E-state index contributed by atoms with van der Waals surface area (Å²) in [6, 6.07) is 0.424. The fourth-order valence-electron chi connectivity index (χ4n) is 1.72. The third-order valence-electron chi connectivity index (χ3n) is 2.49. The summed E-state index contributed by atoms with van der Waals surface area (Å²) in [5.74, 6) is 0.545. The van der Waals surface area contributed by atoms with Gasteiger partial charge in [-0.3, -0.25) is 0 Å². The molecule has 0 amide bonds. The van der Waals surface area contributed by atoms with Gasteiger partial charge in [-0.25, -0.2) is 0 Å². The molecule has 1 aliphatic rings. The molecule has 0 aromatic carbocycles. The second kappa shape index (κ2) is 7.17. The van der Waals surface area contributed by atoms with Crippen molar-refractivity contribution >= 4 is 0 Å². The number of ether oxygens (including phenoxy) is 2. The van der Waals surface area contributed by atoms with Crippen molar-refractivity contribution < 1.29 is 14.6 Å². The molecule has 1 fully saturated rings. The van der Waals surface area contributed by atoms with Gasteiger partial charge in [0.15, 0.2) is 0 Å². The molecule has 90 valence electrons. The monoisotopic (exact) mass is 217 g/mol. The minimum atomic E-state index is 0.0484. The maximum Gasteiger partial charge on any atom is 0.0642 e. The highest BCUT2D eigenvalue weighted by molar-refractivity contribution is 4.68. The van der Waals surface area contributed by atoms with Gasteiger partial charge in [-0.2, -0.15) is 0 Å². The van der Waals surface area contributed by atoms with E-state index in [1.807, 2.05) is 0 Å². The smallest absolute Gasteiger partial charge is 0.0642 e. The van der Waals surface area contributed by atoms with E-state index in [4.69, 9.17) is 14.6 Å². The Morgan fingerprint density at radius 1 is 1.53 bits per heavy atom. The molecule has 1 rings (SSSR count). The average molecular weight is 217 g/mol. The normalized spacial score (nSPS) is 23.6. The van der Waals surface area contributed by atoms with Crippen LogP contribution in [0.5, 0.6) is 0 Å². The summed E-state index contributed by atoms with van der Waals surface area (Å²) in [6.07, 6.45) is 1.10. The van der Waals surface area contributed by atoms with Gasteiger partial charge in [0.1, 0.15) is 0 Å². The Morgan fingerprint density at radius 3 is 2.87 bits per heavy atom. The molecule has 2 N–H and O–H groups in total. The summed E-state index contributed by atoms with van der Waals surface area (Å²) >= 11 is 0. The van der Waals surface area contributed by atoms with Crippen LogP contribution < -0.4 is 5.32 Å². The standard InChI is InChI=1S/C11H23NO3/c1-9(2)12-11(5-13)8-15-7-10-3-4-14-6-10/h9-13H,3-8H2,1-2H3. The van der Waals surface area contributed by atoms with E-state index in [0.29, 0.717) is 18.6 Å². The van der Waals surface area contributed by atoms with Crippen LogP contribution in [-0.2, 0) is 9.47 Å². The van der Waals surface area contributed by atoms with Crippen molar-refractivity contribution in [3.8, 4) is 0 Å². The van der Waals surface area contributed by atoms with Crippen LogP contribution in [0.25, 0.3) is 0 Å². The van der Waals surface area contributed by atoms with Gasteiger partial charge >= 0.3 is 0 Å².